The van der Waals surface area contributed by atoms with E-state index in [9.17, 15) is 17.6 Å². The maximum absolute atomic E-state index is 14.2. The molecule has 2 aromatic carbocycles. The predicted octanol–water partition coefficient (Wildman–Crippen LogP) is 6.55. The molecule has 2 aromatic rings. The van der Waals surface area contributed by atoms with E-state index in [1.807, 2.05) is 6.08 Å². The lowest BCUT2D eigenvalue weighted by Crippen LogP contribution is -2.22. The van der Waals surface area contributed by atoms with E-state index in [4.69, 9.17) is 4.74 Å². The van der Waals surface area contributed by atoms with Gasteiger partial charge in [-0.3, -0.25) is 0 Å². The maximum Gasteiger partial charge on any atom is 0.426 e. The highest BCUT2D eigenvalue weighted by molar-refractivity contribution is 5.31. The Balaban J connectivity index is 1.68. The Bertz CT molecular complexity index is 762. The summed E-state index contributed by atoms with van der Waals surface area (Å²) in [7, 11) is 0. The molecule has 0 aliphatic heterocycles. The van der Waals surface area contributed by atoms with Gasteiger partial charge in [-0.1, -0.05) is 18.2 Å². The minimum Gasteiger partial charge on any atom is -0.429 e. The molecule has 5 heteroatoms. The van der Waals surface area contributed by atoms with Crippen LogP contribution in [0.1, 0.15) is 42.7 Å². The van der Waals surface area contributed by atoms with Crippen molar-refractivity contribution < 1.29 is 22.3 Å². The van der Waals surface area contributed by atoms with E-state index in [-0.39, 0.29) is 5.75 Å². The number of halogens is 4. The molecule has 0 radical (unpaired) electrons. The normalized spacial score (nSPS) is 20.6. The fourth-order valence-corrected chi connectivity index (χ4v) is 3.38. The first-order chi connectivity index (χ1) is 12.4. The Hall–Kier alpha value is -2.30. The fourth-order valence-electron chi connectivity index (χ4n) is 3.38. The Kier molecular flexibility index (Phi) is 5.35. The van der Waals surface area contributed by atoms with Gasteiger partial charge in [-0.2, -0.15) is 8.78 Å². The van der Waals surface area contributed by atoms with Crippen LogP contribution in [-0.4, -0.2) is 0 Å². The van der Waals surface area contributed by atoms with Crippen molar-refractivity contribution in [1.82, 2.24) is 0 Å². The van der Waals surface area contributed by atoms with Gasteiger partial charge in [-0.15, -0.1) is 6.58 Å². The maximum atomic E-state index is 14.2. The highest BCUT2D eigenvalue weighted by Gasteiger charge is 2.35. The van der Waals surface area contributed by atoms with Gasteiger partial charge in [0, 0.05) is 0 Å². The lowest BCUT2D eigenvalue weighted by Gasteiger charge is -2.27. The summed E-state index contributed by atoms with van der Waals surface area (Å²) in [5.41, 5.74) is 0.360. The molecule has 26 heavy (non-hydrogen) atoms. The van der Waals surface area contributed by atoms with E-state index in [2.05, 4.69) is 6.58 Å². The van der Waals surface area contributed by atoms with Gasteiger partial charge in [0.25, 0.3) is 0 Å². The van der Waals surface area contributed by atoms with E-state index >= 15 is 0 Å². The molecule has 1 aliphatic carbocycles. The second kappa shape index (κ2) is 7.52. The van der Waals surface area contributed by atoms with Crippen LogP contribution in [0.3, 0.4) is 0 Å². The van der Waals surface area contributed by atoms with Crippen molar-refractivity contribution in [3.63, 3.8) is 0 Å². The molecule has 1 aliphatic rings. The zero-order valence-electron chi connectivity index (χ0n) is 14.2. The Labute approximate surface area is 150 Å². The smallest absolute Gasteiger partial charge is 0.426 e. The monoisotopic (exact) mass is 364 g/mol. The molecule has 0 aromatic heterocycles. The number of hydrogen-bond acceptors (Lipinski definition) is 1. The van der Waals surface area contributed by atoms with Crippen molar-refractivity contribution in [2.24, 2.45) is 5.92 Å². The predicted molar refractivity (Wildman–Crippen MR) is 92.2 cm³/mol. The van der Waals surface area contributed by atoms with Crippen molar-refractivity contribution in [2.45, 2.75) is 37.7 Å². The second-order valence-electron chi connectivity index (χ2n) is 6.66. The van der Waals surface area contributed by atoms with E-state index < -0.39 is 23.3 Å². The molecular formula is C21H20F4O. The molecule has 0 amide bonds. The van der Waals surface area contributed by atoms with Crippen LogP contribution in [0.2, 0.25) is 0 Å². The van der Waals surface area contributed by atoms with Gasteiger partial charge >= 0.3 is 6.11 Å². The highest BCUT2D eigenvalue weighted by atomic mass is 19.3. The summed E-state index contributed by atoms with van der Waals surface area (Å²) in [4.78, 5) is 0. The Morgan fingerprint density at radius 1 is 0.923 bits per heavy atom. The molecule has 1 nitrogen and oxygen atoms in total. The van der Waals surface area contributed by atoms with Gasteiger partial charge in [0.15, 0.2) is 11.6 Å². The average Bonchev–Trinajstić information content (AvgIpc) is 2.64. The SMILES string of the molecule is C=CC1CCC(c2ccc(OC(F)(F)c3ccc(F)c(F)c3)cc2)CC1. The Morgan fingerprint density at radius 2 is 1.58 bits per heavy atom. The van der Waals surface area contributed by atoms with Crippen LogP contribution >= 0.6 is 0 Å². The Morgan fingerprint density at radius 3 is 2.15 bits per heavy atom. The van der Waals surface area contributed by atoms with Crippen LogP contribution < -0.4 is 4.74 Å². The number of alkyl halides is 2. The third-order valence-corrected chi connectivity index (χ3v) is 4.96. The molecule has 1 saturated carbocycles. The topological polar surface area (TPSA) is 9.23 Å². The quantitative estimate of drug-likeness (QED) is 0.432. The molecule has 3 rings (SSSR count). The minimum absolute atomic E-state index is 0.0248. The molecule has 0 N–H and O–H groups in total. The number of rotatable bonds is 5. The standard InChI is InChI=1S/C21H20F4O/c1-2-14-3-5-15(6-4-14)16-7-10-18(11-8-16)26-21(24,25)17-9-12-19(22)20(23)13-17/h2,7-15H,1,3-6H2. The summed E-state index contributed by atoms with van der Waals surface area (Å²) in [6, 6.07) is 8.47. The fraction of sp³-hybridized carbons (Fsp3) is 0.333. The zero-order chi connectivity index (χ0) is 18.7. The van der Waals surface area contributed by atoms with E-state index in [1.54, 1.807) is 12.1 Å². The van der Waals surface area contributed by atoms with E-state index in [0.29, 0.717) is 24.0 Å². The lowest BCUT2D eigenvalue weighted by molar-refractivity contribution is -0.185. The third-order valence-electron chi connectivity index (χ3n) is 4.96. The summed E-state index contributed by atoms with van der Waals surface area (Å²) < 4.78 is 59.2. The van der Waals surface area contributed by atoms with E-state index in [0.717, 1.165) is 37.3 Å². The molecule has 0 saturated heterocycles. The van der Waals surface area contributed by atoms with Gasteiger partial charge in [0.05, 0.1) is 5.56 Å². The van der Waals surface area contributed by atoms with Crippen molar-refractivity contribution in [2.75, 3.05) is 0 Å². The summed E-state index contributed by atoms with van der Waals surface area (Å²) in [6.45, 7) is 3.83. The first kappa shape index (κ1) is 18.5. The van der Waals surface area contributed by atoms with Crippen molar-refractivity contribution >= 4 is 0 Å². The summed E-state index contributed by atoms with van der Waals surface area (Å²) in [5, 5.41) is 0. The van der Waals surface area contributed by atoms with Crippen LogP contribution in [0.25, 0.3) is 0 Å². The van der Waals surface area contributed by atoms with E-state index in [1.165, 1.54) is 12.1 Å². The first-order valence-electron chi connectivity index (χ1n) is 8.64. The lowest BCUT2D eigenvalue weighted by atomic mass is 9.79. The van der Waals surface area contributed by atoms with Crippen LogP contribution in [0.5, 0.6) is 5.75 Å². The van der Waals surface area contributed by atoms with Crippen LogP contribution in [0, 0.1) is 17.6 Å². The third kappa shape index (κ3) is 4.09. The van der Waals surface area contributed by atoms with Crippen molar-refractivity contribution in [3.8, 4) is 5.75 Å². The van der Waals surface area contributed by atoms with Crippen LogP contribution in [0.4, 0.5) is 17.6 Å². The molecular weight excluding hydrogens is 344 g/mol. The summed E-state index contributed by atoms with van der Waals surface area (Å²) >= 11 is 0. The number of hydrogen-bond donors (Lipinski definition) is 0. The van der Waals surface area contributed by atoms with Crippen LogP contribution in [0.15, 0.2) is 55.1 Å². The molecule has 0 bridgehead atoms. The largest absolute Gasteiger partial charge is 0.429 e. The molecule has 0 heterocycles. The summed E-state index contributed by atoms with van der Waals surface area (Å²) in [5.74, 6) is -1.57. The molecule has 0 unspecified atom stereocenters. The summed E-state index contributed by atoms with van der Waals surface area (Å²) in [6.07, 6.45) is 2.50. The molecule has 1 fully saturated rings. The minimum atomic E-state index is -3.75. The number of allylic oxidation sites excluding steroid dienone is 1. The second-order valence-corrected chi connectivity index (χ2v) is 6.66. The average molecular weight is 364 g/mol. The number of ether oxygens (including phenoxy) is 1. The first-order valence-corrected chi connectivity index (χ1v) is 8.64. The van der Waals surface area contributed by atoms with Gasteiger partial charge in [-0.25, -0.2) is 8.78 Å². The highest BCUT2D eigenvalue weighted by Crippen LogP contribution is 2.37. The van der Waals surface area contributed by atoms with Gasteiger partial charge < -0.3 is 4.74 Å². The van der Waals surface area contributed by atoms with Crippen molar-refractivity contribution in [1.29, 1.82) is 0 Å². The zero-order valence-corrected chi connectivity index (χ0v) is 14.2. The number of benzene rings is 2. The van der Waals surface area contributed by atoms with Crippen molar-refractivity contribution in [3.05, 3.63) is 77.9 Å². The van der Waals surface area contributed by atoms with Crippen LogP contribution in [-0.2, 0) is 6.11 Å². The van der Waals surface area contributed by atoms with Gasteiger partial charge in [-0.05, 0) is 73.4 Å². The molecule has 0 spiro atoms. The molecule has 138 valence electrons. The molecule has 0 atom stereocenters. The van der Waals surface area contributed by atoms with Gasteiger partial charge in [0.1, 0.15) is 5.75 Å². The van der Waals surface area contributed by atoms with Gasteiger partial charge in [0.2, 0.25) is 0 Å².